The zero-order valence-corrected chi connectivity index (χ0v) is 23.0. The van der Waals surface area contributed by atoms with E-state index in [2.05, 4.69) is 9.80 Å². The van der Waals surface area contributed by atoms with Crippen LogP contribution in [0, 0.1) is 5.92 Å². The van der Waals surface area contributed by atoms with E-state index in [9.17, 15) is 9.90 Å². The second kappa shape index (κ2) is 12.6. The summed E-state index contributed by atoms with van der Waals surface area (Å²) in [6, 6.07) is 11.6. The Kier molecular flexibility index (Phi) is 9.00. The van der Waals surface area contributed by atoms with Crippen LogP contribution < -0.4 is 14.5 Å². The van der Waals surface area contributed by atoms with Crippen molar-refractivity contribution in [3.05, 3.63) is 58.1 Å². The predicted molar refractivity (Wildman–Crippen MR) is 152 cm³/mol. The molecular formula is C29H35Cl2N3O4. The molecule has 1 unspecified atom stereocenters. The molecule has 1 N–H and O–H groups in total. The third-order valence-electron chi connectivity index (χ3n) is 7.64. The van der Waals surface area contributed by atoms with Crippen LogP contribution in [0.1, 0.15) is 37.7 Å². The molecule has 9 heteroatoms. The van der Waals surface area contributed by atoms with E-state index in [1.165, 1.54) is 0 Å². The minimum atomic E-state index is -0.845. The van der Waals surface area contributed by atoms with Crippen LogP contribution in [0.2, 0.25) is 10.0 Å². The van der Waals surface area contributed by atoms with Crippen molar-refractivity contribution in [2.45, 2.75) is 38.3 Å². The number of benzene rings is 2. The van der Waals surface area contributed by atoms with Gasteiger partial charge in [0.1, 0.15) is 12.0 Å². The van der Waals surface area contributed by atoms with Gasteiger partial charge in [-0.05, 0) is 68.1 Å². The van der Waals surface area contributed by atoms with Gasteiger partial charge in [0, 0.05) is 32.2 Å². The van der Waals surface area contributed by atoms with Crippen molar-refractivity contribution in [2.24, 2.45) is 5.92 Å². The largest absolute Gasteiger partial charge is 0.494 e. The zero-order valence-electron chi connectivity index (χ0n) is 21.5. The molecule has 1 atom stereocenters. The first-order chi connectivity index (χ1) is 18.5. The van der Waals surface area contributed by atoms with Crippen molar-refractivity contribution in [2.75, 3.05) is 55.9 Å². The third-order valence-corrected chi connectivity index (χ3v) is 8.45. The lowest BCUT2D eigenvalue weighted by Crippen LogP contribution is -2.46. The maximum absolute atomic E-state index is 12.2. The average molecular weight is 561 g/mol. The normalized spacial score (nSPS) is 19.7. The summed E-state index contributed by atoms with van der Waals surface area (Å²) >= 11 is 12.6. The van der Waals surface area contributed by atoms with Gasteiger partial charge in [0.2, 0.25) is 0 Å². The van der Waals surface area contributed by atoms with Crippen LogP contribution in [0.4, 0.5) is 11.4 Å². The second-order valence-corrected chi connectivity index (χ2v) is 10.9. The lowest BCUT2D eigenvalue weighted by molar-refractivity contribution is -0.151. The first-order valence-corrected chi connectivity index (χ1v) is 14.2. The second-order valence-electron chi connectivity index (χ2n) is 10.1. The molecule has 0 bridgehead atoms. The summed E-state index contributed by atoms with van der Waals surface area (Å²) < 4.78 is 11.5. The lowest BCUT2D eigenvalue weighted by Gasteiger charge is -2.36. The van der Waals surface area contributed by atoms with E-state index in [0.717, 1.165) is 87.5 Å². The Morgan fingerprint density at radius 2 is 1.84 bits per heavy atom. The number of nitrogens with zero attached hydrogens (tertiary/aromatic N) is 3. The first kappa shape index (κ1) is 27.1. The van der Waals surface area contributed by atoms with E-state index in [1.54, 1.807) is 11.0 Å². The van der Waals surface area contributed by atoms with Crippen LogP contribution in [0.3, 0.4) is 0 Å². The standard InChI is InChI=1S/C29H35Cl2N3O4/c30-24-7-4-8-25(28(24)31)33-16-14-32(15-17-33)13-1-2-18-37-23-11-9-21-10-12-27(35)34(26(21)19-23)20-38-29(36)22-5-3-6-22/h4,7-12,19,22,27,35H,1-3,5-6,13-18,20H2. The maximum atomic E-state index is 12.2. The van der Waals surface area contributed by atoms with Crippen LogP contribution in [0.15, 0.2) is 42.5 Å². The molecule has 1 aliphatic carbocycles. The first-order valence-electron chi connectivity index (χ1n) is 13.5. The third kappa shape index (κ3) is 6.40. The molecule has 1 saturated carbocycles. The fraction of sp³-hybridized carbons (Fsp3) is 0.483. The van der Waals surface area contributed by atoms with Gasteiger partial charge in [-0.25, -0.2) is 0 Å². The summed E-state index contributed by atoms with van der Waals surface area (Å²) in [7, 11) is 0. The molecule has 7 nitrogen and oxygen atoms in total. The predicted octanol–water partition coefficient (Wildman–Crippen LogP) is 5.43. The van der Waals surface area contributed by atoms with E-state index in [0.29, 0.717) is 16.7 Å². The van der Waals surface area contributed by atoms with Gasteiger partial charge in [0.05, 0.1) is 33.9 Å². The molecule has 0 spiro atoms. The van der Waals surface area contributed by atoms with E-state index in [1.807, 2.05) is 42.5 Å². The van der Waals surface area contributed by atoms with Gasteiger partial charge in [0.25, 0.3) is 0 Å². The van der Waals surface area contributed by atoms with Crippen LogP contribution in [0.5, 0.6) is 5.75 Å². The summed E-state index contributed by atoms with van der Waals surface area (Å²) in [6.45, 7) is 5.51. The SMILES string of the molecule is O=C(OCN1c2cc(OCCCCN3CCN(c4cccc(Cl)c4Cl)CC3)ccc2C=CC1O)C1CCC1. The molecule has 5 rings (SSSR count). The molecule has 0 radical (unpaired) electrons. The Labute approximate surface area is 234 Å². The van der Waals surface area contributed by atoms with Crippen molar-refractivity contribution < 1.29 is 19.4 Å². The Morgan fingerprint density at radius 3 is 2.61 bits per heavy atom. The minimum Gasteiger partial charge on any atom is -0.494 e. The molecule has 3 aliphatic rings. The van der Waals surface area contributed by atoms with Crippen molar-refractivity contribution in [1.29, 1.82) is 0 Å². The molecule has 2 aromatic carbocycles. The Bertz CT molecular complexity index is 1150. The molecule has 1 saturated heterocycles. The van der Waals surface area contributed by atoms with E-state index >= 15 is 0 Å². The van der Waals surface area contributed by atoms with Gasteiger partial charge >= 0.3 is 5.97 Å². The fourth-order valence-electron chi connectivity index (χ4n) is 5.06. The number of piperazine rings is 1. The van der Waals surface area contributed by atoms with E-state index in [4.69, 9.17) is 32.7 Å². The van der Waals surface area contributed by atoms with Gasteiger partial charge in [-0.1, -0.05) is 41.8 Å². The highest BCUT2D eigenvalue weighted by Gasteiger charge is 2.29. The van der Waals surface area contributed by atoms with Crippen LogP contribution in [0.25, 0.3) is 6.08 Å². The number of esters is 1. The Morgan fingerprint density at radius 1 is 1.03 bits per heavy atom. The van der Waals surface area contributed by atoms with Gasteiger partial charge in [-0.2, -0.15) is 0 Å². The summed E-state index contributed by atoms with van der Waals surface area (Å²) in [5.74, 6) is 0.571. The number of anilines is 2. The summed E-state index contributed by atoms with van der Waals surface area (Å²) in [5, 5.41) is 11.7. The number of carbonyl (C=O) groups excluding carboxylic acids is 1. The topological polar surface area (TPSA) is 65.5 Å². The van der Waals surface area contributed by atoms with Crippen molar-refractivity contribution >= 4 is 46.6 Å². The van der Waals surface area contributed by atoms with Crippen molar-refractivity contribution in [1.82, 2.24) is 4.90 Å². The lowest BCUT2D eigenvalue weighted by atomic mass is 9.86. The summed E-state index contributed by atoms with van der Waals surface area (Å²) in [4.78, 5) is 18.7. The van der Waals surface area contributed by atoms with E-state index in [-0.39, 0.29) is 18.6 Å². The monoisotopic (exact) mass is 559 g/mol. The Balaban J connectivity index is 1.05. The number of ether oxygens (including phenoxy) is 2. The van der Waals surface area contributed by atoms with E-state index < -0.39 is 6.23 Å². The molecule has 0 aromatic heterocycles. The summed E-state index contributed by atoms with van der Waals surface area (Å²) in [6.07, 6.45) is 7.60. The molecule has 38 heavy (non-hydrogen) atoms. The number of aliphatic hydroxyl groups excluding tert-OH is 1. The maximum Gasteiger partial charge on any atom is 0.310 e. The molecule has 0 amide bonds. The minimum absolute atomic E-state index is 0.00643. The highest BCUT2D eigenvalue weighted by atomic mass is 35.5. The molecule has 2 heterocycles. The molecule has 2 aromatic rings. The smallest absolute Gasteiger partial charge is 0.310 e. The van der Waals surface area contributed by atoms with Crippen molar-refractivity contribution in [3.63, 3.8) is 0 Å². The zero-order chi connectivity index (χ0) is 26.5. The Hall–Kier alpha value is -2.45. The van der Waals surface area contributed by atoms with Crippen LogP contribution in [-0.4, -0.2) is 68.3 Å². The number of hydrogen-bond acceptors (Lipinski definition) is 7. The van der Waals surface area contributed by atoms with Crippen molar-refractivity contribution in [3.8, 4) is 5.75 Å². The molecule has 2 fully saturated rings. The van der Waals surface area contributed by atoms with Crippen LogP contribution >= 0.6 is 23.2 Å². The number of fused-ring (bicyclic) bond motifs is 1. The highest BCUT2D eigenvalue weighted by Crippen LogP contribution is 2.34. The number of carbonyl (C=O) groups is 1. The quantitative estimate of drug-likeness (QED) is 0.307. The molecular weight excluding hydrogens is 525 g/mol. The average Bonchev–Trinajstić information content (AvgIpc) is 2.89. The number of halogens is 2. The number of aliphatic hydroxyl groups is 1. The van der Waals surface area contributed by atoms with Gasteiger partial charge in [-0.3, -0.25) is 9.69 Å². The van der Waals surface area contributed by atoms with Gasteiger partial charge in [0.15, 0.2) is 6.73 Å². The van der Waals surface area contributed by atoms with Gasteiger partial charge < -0.3 is 24.4 Å². The summed E-state index contributed by atoms with van der Waals surface area (Å²) in [5.41, 5.74) is 2.77. The number of hydrogen-bond donors (Lipinski definition) is 1. The highest BCUT2D eigenvalue weighted by molar-refractivity contribution is 6.43. The molecule has 204 valence electrons. The van der Waals surface area contributed by atoms with Gasteiger partial charge in [-0.15, -0.1) is 0 Å². The molecule has 2 aliphatic heterocycles. The number of unbranched alkanes of at least 4 members (excludes halogenated alkanes) is 1. The fourth-order valence-corrected chi connectivity index (χ4v) is 5.47. The van der Waals surface area contributed by atoms with Crippen LogP contribution in [-0.2, 0) is 9.53 Å². The number of rotatable bonds is 10.